The molecule has 33 heavy (non-hydrogen) atoms. The van der Waals surface area contributed by atoms with Crippen molar-refractivity contribution in [2.45, 2.75) is 6.04 Å². The van der Waals surface area contributed by atoms with Gasteiger partial charge >= 0.3 is 0 Å². The van der Waals surface area contributed by atoms with Crippen molar-refractivity contribution in [1.29, 1.82) is 0 Å². The van der Waals surface area contributed by atoms with Crippen molar-refractivity contribution >= 4 is 46.3 Å². The molecule has 0 spiro atoms. The van der Waals surface area contributed by atoms with Crippen molar-refractivity contribution in [3.63, 3.8) is 0 Å². The molecular weight excluding hydrogens is 465 g/mol. The Balaban J connectivity index is 1.71. The summed E-state index contributed by atoms with van der Waals surface area (Å²) in [5, 5.41) is 11.9. The second kappa shape index (κ2) is 8.46. The maximum absolute atomic E-state index is 13.3. The quantitative estimate of drug-likeness (QED) is 0.308. The van der Waals surface area contributed by atoms with E-state index in [1.807, 2.05) is 0 Å². The molecule has 8 heteroatoms. The summed E-state index contributed by atoms with van der Waals surface area (Å²) >= 11 is 12.3. The topological polar surface area (TPSA) is 76.1 Å². The summed E-state index contributed by atoms with van der Waals surface area (Å²) in [4.78, 5) is 27.8. The fourth-order valence-corrected chi connectivity index (χ4v) is 4.39. The lowest BCUT2D eigenvalue weighted by molar-refractivity contribution is -0.132. The normalized spacial score (nSPS) is 19.1. The predicted molar refractivity (Wildman–Crippen MR) is 125 cm³/mol. The van der Waals surface area contributed by atoms with Crippen molar-refractivity contribution in [3.8, 4) is 11.5 Å². The molecule has 3 aromatic carbocycles. The van der Waals surface area contributed by atoms with Gasteiger partial charge in [0, 0.05) is 22.3 Å². The SMILES string of the molecule is O=C1C(=O)N(c2ccc3c(c2)OCCO3)[C@H](c2ccc(Cl)cc2)C1=C(O)c1ccccc1Cl. The number of Topliss-reactive ketones (excluding diaryl/α,β-unsaturated/α-hetero) is 1. The molecule has 0 unspecified atom stereocenters. The molecule has 1 fully saturated rings. The van der Waals surface area contributed by atoms with Gasteiger partial charge in [-0.2, -0.15) is 0 Å². The Morgan fingerprint density at radius 2 is 1.61 bits per heavy atom. The van der Waals surface area contributed by atoms with E-state index in [4.69, 9.17) is 32.7 Å². The number of halogens is 2. The predicted octanol–water partition coefficient (Wildman–Crippen LogP) is 5.39. The highest BCUT2D eigenvalue weighted by Gasteiger charge is 2.47. The highest BCUT2D eigenvalue weighted by atomic mass is 35.5. The number of fused-ring (bicyclic) bond motifs is 1. The Kier molecular flexibility index (Phi) is 5.48. The number of carbonyl (C=O) groups excluding carboxylic acids is 2. The van der Waals surface area contributed by atoms with Crippen LogP contribution in [0.1, 0.15) is 17.2 Å². The average molecular weight is 482 g/mol. The van der Waals surface area contributed by atoms with Crippen LogP contribution in [0.5, 0.6) is 11.5 Å². The summed E-state index contributed by atoms with van der Waals surface area (Å²) in [6, 6.07) is 17.5. The summed E-state index contributed by atoms with van der Waals surface area (Å²) < 4.78 is 11.2. The van der Waals surface area contributed by atoms with Crippen LogP contribution in [0.4, 0.5) is 5.69 Å². The molecule has 0 aliphatic carbocycles. The van der Waals surface area contributed by atoms with Gasteiger partial charge in [-0.25, -0.2) is 0 Å². The molecule has 1 N–H and O–H groups in total. The molecule has 2 heterocycles. The number of aliphatic hydroxyl groups excluding tert-OH is 1. The number of nitrogens with zero attached hydrogens (tertiary/aromatic N) is 1. The van der Waals surface area contributed by atoms with Gasteiger partial charge in [0.2, 0.25) is 0 Å². The van der Waals surface area contributed by atoms with E-state index in [0.29, 0.717) is 41.0 Å². The van der Waals surface area contributed by atoms with E-state index in [-0.39, 0.29) is 21.9 Å². The van der Waals surface area contributed by atoms with Crippen LogP contribution in [0, 0.1) is 0 Å². The van der Waals surface area contributed by atoms with Gasteiger partial charge in [0.15, 0.2) is 11.5 Å². The summed E-state index contributed by atoms with van der Waals surface area (Å²) in [5.74, 6) is -0.913. The van der Waals surface area contributed by atoms with Crippen molar-refractivity contribution in [1.82, 2.24) is 0 Å². The number of carbonyl (C=O) groups is 2. The molecule has 1 amide bonds. The minimum absolute atomic E-state index is 0.0645. The smallest absolute Gasteiger partial charge is 0.300 e. The Morgan fingerprint density at radius 3 is 2.33 bits per heavy atom. The molecule has 2 aliphatic rings. The molecule has 2 aliphatic heterocycles. The third-order valence-electron chi connectivity index (χ3n) is 5.56. The van der Waals surface area contributed by atoms with Crippen LogP contribution in [0.3, 0.4) is 0 Å². The Bertz CT molecular complexity index is 1300. The number of anilines is 1. The number of ether oxygens (including phenoxy) is 2. The molecule has 0 radical (unpaired) electrons. The molecule has 5 rings (SSSR count). The summed E-state index contributed by atoms with van der Waals surface area (Å²) in [6.07, 6.45) is 0. The third-order valence-corrected chi connectivity index (χ3v) is 6.14. The minimum atomic E-state index is -0.902. The lowest BCUT2D eigenvalue weighted by atomic mass is 9.95. The lowest BCUT2D eigenvalue weighted by Gasteiger charge is -2.27. The number of hydrogen-bond donors (Lipinski definition) is 1. The fraction of sp³-hybridized carbons (Fsp3) is 0.120. The van der Waals surface area contributed by atoms with Crippen LogP contribution >= 0.6 is 23.2 Å². The maximum atomic E-state index is 13.3. The van der Waals surface area contributed by atoms with Gasteiger partial charge in [-0.1, -0.05) is 47.5 Å². The number of aliphatic hydroxyl groups is 1. The van der Waals surface area contributed by atoms with E-state index in [1.54, 1.807) is 66.7 Å². The zero-order valence-corrected chi connectivity index (χ0v) is 18.6. The van der Waals surface area contributed by atoms with Gasteiger partial charge in [-0.15, -0.1) is 0 Å². The Hall–Kier alpha value is -3.48. The van der Waals surface area contributed by atoms with Crippen LogP contribution < -0.4 is 14.4 Å². The van der Waals surface area contributed by atoms with Crippen molar-refractivity contribution in [3.05, 3.63) is 93.5 Å². The zero-order chi connectivity index (χ0) is 23.1. The molecule has 0 bridgehead atoms. The summed E-state index contributed by atoms with van der Waals surface area (Å²) in [7, 11) is 0. The number of hydrogen-bond acceptors (Lipinski definition) is 5. The molecule has 0 aromatic heterocycles. The highest BCUT2D eigenvalue weighted by molar-refractivity contribution is 6.52. The van der Waals surface area contributed by atoms with Crippen LogP contribution in [-0.2, 0) is 9.59 Å². The van der Waals surface area contributed by atoms with Gasteiger partial charge < -0.3 is 14.6 Å². The van der Waals surface area contributed by atoms with E-state index in [2.05, 4.69) is 0 Å². The van der Waals surface area contributed by atoms with E-state index in [1.165, 1.54) is 4.90 Å². The van der Waals surface area contributed by atoms with Crippen LogP contribution in [-0.4, -0.2) is 30.0 Å². The van der Waals surface area contributed by atoms with Gasteiger partial charge in [0.05, 0.1) is 16.6 Å². The first kappa shape index (κ1) is 21.4. The number of rotatable bonds is 3. The van der Waals surface area contributed by atoms with E-state index < -0.39 is 17.7 Å². The van der Waals surface area contributed by atoms with E-state index in [9.17, 15) is 14.7 Å². The number of benzene rings is 3. The fourth-order valence-electron chi connectivity index (χ4n) is 4.04. The third kappa shape index (κ3) is 3.71. The lowest BCUT2D eigenvalue weighted by Crippen LogP contribution is -2.29. The second-order valence-electron chi connectivity index (χ2n) is 7.53. The highest BCUT2D eigenvalue weighted by Crippen LogP contribution is 2.45. The van der Waals surface area contributed by atoms with Crippen LogP contribution in [0.2, 0.25) is 10.0 Å². The van der Waals surface area contributed by atoms with Crippen molar-refractivity contribution in [2.75, 3.05) is 18.1 Å². The van der Waals surface area contributed by atoms with Gasteiger partial charge in [-0.05, 0) is 42.0 Å². The maximum Gasteiger partial charge on any atom is 0.300 e. The van der Waals surface area contributed by atoms with E-state index in [0.717, 1.165) is 0 Å². The second-order valence-corrected chi connectivity index (χ2v) is 8.37. The Labute approximate surface area is 199 Å². The van der Waals surface area contributed by atoms with Gasteiger partial charge in [-0.3, -0.25) is 14.5 Å². The molecule has 166 valence electrons. The first-order valence-corrected chi connectivity index (χ1v) is 10.9. The van der Waals surface area contributed by atoms with Crippen molar-refractivity contribution < 1.29 is 24.2 Å². The van der Waals surface area contributed by atoms with Crippen LogP contribution in [0.25, 0.3) is 5.76 Å². The van der Waals surface area contributed by atoms with Gasteiger partial charge in [0.1, 0.15) is 19.0 Å². The summed E-state index contributed by atoms with van der Waals surface area (Å²) in [5.41, 5.74) is 1.23. The molecule has 3 aromatic rings. The monoisotopic (exact) mass is 481 g/mol. The first-order valence-electron chi connectivity index (χ1n) is 10.2. The minimum Gasteiger partial charge on any atom is -0.507 e. The molecule has 6 nitrogen and oxygen atoms in total. The zero-order valence-electron chi connectivity index (χ0n) is 17.1. The number of amides is 1. The Morgan fingerprint density at radius 1 is 0.909 bits per heavy atom. The largest absolute Gasteiger partial charge is 0.507 e. The average Bonchev–Trinajstić information content (AvgIpc) is 3.09. The standard InChI is InChI=1S/C25H17Cl2NO5/c26-15-7-5-14(6-8-15)22-21(23(29)17-3-1-2-4-18(17)27)24(30)25(31)28(22)16-9-10-19-20(13-16)33-12-11-32-19/h1-10,13,22,29H,11-12H2/t22-/m1/s1. The molecule has 1 saturated heterocycles. The number of ketones is 1. The molecule has 0 saturated carbocycles. The first-order chi connectivity index (χ1) is 16.0. The summed E-state index contributed by atoms with van der Waals surface area (Å²) in [6.45, 7) is 0.807. The molecular formula is C25H17Cl2NO5. The molecule has 1 atom stereocenters. The van der Waals surface area contributed by atoms with E-state index >= 15 is 0 Å². The van der Waals surface area contributed by atoms with Gasteiger partial charge in [0.25, 0.3) is 11.7 Å². The van der Waals surface area contributed by atoms with Crippen LogP contribution in [0.15, 0.2) is 72.3 Å². The van der Waals surface area contributed by atoms with Crippen molar-refractivity contribution in [2.24, 2.45) is 0 Å².